The molecule has 2 heterocycles. The van der Waals surface area contributed by atoms with Crippen molar-refractivity contribution >= 4 is 11.6 Å². The van der Waals surface area contributed by atoms with Crippen LogP contribution in [0.25, 0.3) is 11.4 Å². The first kappa shape index (κ1) is 12.9. The molecule has 1 aliphatic heterocycles. The van der Waals surface area contributed by atoms with E-state index in [1.165, 1.54) is 0 Å². The molecule has 2 aromatic rings. The molecule has 0 spiro atoms. The maximum atomic E-state index is 9.23. The highest BCUT2D eigenvalue weighted by Crippen LogP contribution is 2.25. The van der Waals surface area contributed by atoms with Crippen LogP contribution in [-0.4, -0.2) is 34.8 Å². The van der Waals surface area contributed by atoms with Crippen molar-refractivity contribution in [1.29, 1.82) is 0 Å². The van der Waals surface area contributed by atoms with Crippen LogP contribution in [0.4, 0.5) is 11.6 Å². The van der Waals surface area contributed by atoms with E-state index in [0.29, 0.717) is 17.6 Å². The van der Waals surface area contributed by atoms with Gasteiger partial charge >= 0.3 is 0 Å². The second-order valence-electron chi connectivity index (χ2n) is 5.12. The molecular formula is C15H18N4O. The predicted octanol–water partition coefficient (Wildman–Crippen LogP) is 1.54. The molecule has 0 amide bonds. The van der Waals surface area contributed by atoms with Gasteiger partial charge in [-0.05, 0) is 6.42 Å². The van der Waals surface area contributed by atoms with Crippen LogP contribution >= 0.6 is 0 Å². The Bertz CT molecular complexity index is 588. The molecule has 0 aliphatic carbocycles. The van der Waals surface area contributed by atoms with Crippen LogP contribution in [0.15, 0.2) is 36.4 Å². The highest BCUT2D eigenvalue weighted by Gasteiger charge is 2.23. The second-order valence-corrected chi connectivity index (χ2v) is 5.12. The number of nitrogens with zero attached hydrogens (tertiary/aromatic N) is 3. The second kappa shape index (κ2) is 5.46. The molecule has 1 aliphatic rings. The molecule has 1 aromatic carbocycles. The molecule has 1 atom stereocenters. The lowest BCUT2D eigenvalue weighted by Crippen LogP contribution is -2.22. The maximum Gasteiger partial charge on any atom is 0.163 e. The first-order valence-corrected chi connectivity index (χ1v) is 6.82. The summed E-state index contributed by atoms with van der Waals surface area (Å²) in [5.74, 6) is 2.29. The van der Waals surface area contributed by atoms with E-state index in [1.807, 2.05) is 30.3 Å². The minimum absolute atomic E-state index is 0.225. The van der Waals surface area contributed by atoms with Crippen molar-refractivity contribution in [2.75, 3.05) is 30.3 Å². The van der Waals surface area contributed by atoms with Gasteiger partial charge in [0.15, 0.2) is 5.82 Å². The average Bonchev–Trinajstić information content (AvgIpc) is 2.96. The zero-order valence-corrected chi connectivity index (χ0v) is 11.2. The quantitative estimate of drug-likeness (QED) is 0.885. The number of benzene rings is 1. The summed E-state index contributed by atoms with van der Waals surface area (Å²) in [6.45, 7) is 1.94. The molecule has 1 saturated heterocycles. The fraction of sp³-hybridized carbons (Fsp3) is 0.333. The number of anilines is 2. The first-order valence-electron chi connectivity index (χ1n) is 6.82. The summed E-state index contributed by atoms with van der Waals surface area (Å²) in [6.07, 6.45) is 0.987. The lowest BCUT2D eigenvalue weighted by Gasteiger charge is -2.18. The smallest absolute Gasteiger partial charge is 0.163 e. The molecule has 0 bridgehead atoms. The average molecular weight is 270 g/mol. The summed E-state index contributed by atoms with van der Waals surface area (Å²) >= 11 is 0. The van der Waals surface area contributed by atoms with Gasteiger partial charge in [0.1, 0.15) is 11.6 Å². The van der Waals surface area contributed by atoms with Crippen LogP contribution in [0, 0.1) is 5.92 Å². The van der Waals surface area contributed by atoms with Crippen molar-refractivity contribution in [2.45, 2.75) is 6.42 Å². The van der Waals surface area contributed by atoms with Gasteiger partial charge in [0, 0.05) is 37.2 Å². The fourth-order valence-electron chi connectivity index (χ4n) is 2.52. The van der Waals surface area contributed by atoms with Crippen molar-refractivity contribution in [3.05, 3.63) is 36.4 Å². The van der Waals surface area contributed by atoms with Crippen LogP contribution in [0.3, 0.4) is 0 Å². The summed E-state index contributed by atoms with van der Waals surface area (Å²) in [4.78, 5) is 11.1. The maximum absolute atomic E-state index is 9.23. The monoisotopic (exact) mass is 270 g/mol. The van der Waals surface area contributed by atoms with Gasteiger partial charge in [-0.3, -0.25) is 0 Å². The highest BCUT2D eigenvalue weighted by molar-refractivity contribution is 5.61. The van der Waals surface area contributed by atoms with Gasteiger partial charge in [0.05, 0.1) is 0 Å². The number of aliphatic hydroxyl groups is 1. The summed E-state index contributed by atoms with van der Waals surface area (Å²) in [7, 11) is 0. The molecule has 5 heteroatoms. The topological polar surface area (TPSA) is 75.3 Å². The molecule has 0 saturated carbocycles. The summed E-state index contributed by atoms with van der Waals surface area (Å²) in [6, 6.07) is 11.6. The SMILES string of the molecule is Nc1cc(N2CCC(CO)C2)nc(-c2ccccc2)n1. The Morgan fingerprint density at radius 2 is 2.05 bits per heavy atom. The number of aliphatic hydroxyl groups excluding tert-OH is 1. The van der Waals surface area contributed by atoms with Crippen molar-refractivity contribution in [1.82, 2.24) is 9.97 Å². The minimum Gasteiger partial charge on any atom is -0.396 e. The summed E-state index contributed by atoms with van der Waals surface area (Å²) in [5.41, 5.74) is 6.86. The lowest BCUT2D eigenvalue weighted by atomic mass is 10.1. The van der Waals surface area contributed by atoms with Gasteiger partial charge in [-0.25, -0.2) is 9.97 Å². The Hall–Kier alpha value is -2.14. The summed E-state index contributed by atoms with van der Waals surface area (Å²) in [5, 5.41) is 9.23. The number of hydrogen-bond acceptors (Lipinski definition) is 5. The molecule has 104 valence electrons. The Morgan fingerprint density at radius 1 is 1.25 bits per heavy atom. The molecule has 1 unspecified atom stereocenters. The fourth-order valence-corrected chi connectivity index (χ4v) is 2.52. The Morgan fingerprint density at radius 3 is 2.75 bits per heavy atom. The molecule has 3 N–H and O–H groups in total. The zero-order chi connectivity index (χ0) is 13.9. The van der Waals surface area contributed by atoms with Crippen molar-refractivity contribution < 1.29 is 5.11 Å². The van der Waals surface area contributed by atoms with Crippen LogP contribution in [-0.2, 0) is 0 Å². The van der Waals surface area contributed by atoms with Crippen molar-refractivity contribution in [3.8, 4) is 11.4 Å². The third kappa shape index (κ3) is 2.58. The molecule has 0 radical (unpaired) electrons. The largest absolute Gasteiger partial charge is 0.396 e. The van der Waals surface area contributed by atoms with Crippen LogP contribution in [0.1, 0.15) is 6.42 Å². The van der Waals surface area contributed by atoms with E-state index in [1.54, 1.807) is 6.07 Å². The van der Waals surface area contributed by atoms with E-state index in [-0.39, 0.29) is 6.61 Å². The number of aromatic nitrogens is 2. The third-order valence-electron chi connectivity index (χ3n) is 3.63. The molecule has 5 nitrogen and oxygen atoms in total. The first-order chi connectivity index (χ1) is 9.76. The Kier molecular flexibility index (Phi) is 3.52. The summed E-state index contributed by atoms with van der Waals surface area (Å²) < 4.78 is 0. The van der Waals surface area contributed by atoms with E-state index in [9.17, 15) is 5.11 Å². The van der Waals surface area contributed by atoms with Crippen molar-refractivity contribution in [2.24, 2.45) is 5.92 Å². The van der Waals surface area contributed by atoms with Gasteiger partial charge in [0.25, 0.3) is 0 Å². The predicted molar refractivity (Wildman–Crippen MR) is 79.3 cm³/mol. The van der Waals surface area contributed by atoms with Gasteiger partial charge in [-0.1, -0.05) is 30.3 Å². The van der Waals surface area contributed by atoms with E-state index < -0.39 is 0 Å². The lowest BCUT2D eigenvalue weighted by molar-refractivity contribution is 0.238. The number of nitrogens with two attached hydrogens (primary N) is 1. The van der Waals surface area contributed by atoms with Crippen molar-refractivity contribution in [3.63, 3.8) is 0 Å². The van der Waals surface area contributed by atoms with E-state index in [4.69, 9.17) is 5.73 Å². The third-order valence-corrected chi connectivity index (χ3v) is 3.63. The zero-order valence-electron chi connectivity index (χ0n) is 11.2. The van der Waals surface area contributed by atoms with Gasteiger partial charge < -0.3 is 15.7 Å². The molecule has 1 fully saturated rings. The molecule has 3 rings (SSSR count). The van der Waals surface area contributed by atoms with Gasteiger partial charge in [0.2, 0.25) is 0 Å². The molecule has 20 heavy (non-hydrogen) atoms. The van der Waals surface area contributed by atoms with Gasteiger partial charge in [-0.2, -0.15) is 0 Å². The van der Waals surface area contributed by atoms with Crippen LogP contribution in [0.5, 0.6) is 0 Å². The normalized spacial score (nSPS) is 18.4. The highest BCUT2D eigenvalue weighted by atomic mass is 16.3. The minimum atomic E-state index is 0.225. The number of hydrogen-bond donors (Lipinski definition) is 2. The molecular weight excluding hydrogens is 252 g/mol. The van der Waals surface area contributed by atoms with E-state index in [0.717, 1.165) is 30.9 Å². The standard InChI is InChI=1S/C15H18N4O/c16-13-8-14(19-7-6-11(9-19)10-20)18-15(17-13)12-4-2-1-3-5-12/h1-5,8,11,20H,6-7,9-10H2,(H2,16,17,18). The number of rotatable bonds is 3. The Labute approximate surface area is 118 Å². The Balaban J connectivity index is 1.92. The number of nitrogen functional groups attached to an aromatic ring is 1. The van der Waals surface area contributed by atoms with E-state index in [2.05, 4.69) is 14.9 Å². The van der Waals surface area contributed by atoms with Crippen LogP contribution in [0.2, 0.25) is 0 Å². The van der Waals surface area contributed by atoms with Crippen LogP contribution < -0.4 is 10.6 Å². The van der Waals surface area contributed by atoms with Gasteiger partial charge in [-0.15, -0.1) is 0 Å². The molecule has 1 aromatic heterocycles. The van der Waals surface area contributed by atoms with E-state index >= 15 is 0 Å².